The maximum Gasteiger partial charge on any atom is 0.203 e. The van der Waals surface area contributed by atoms with E-state index in [1.54, 1.807) is 6.20 Å². The molecule has 0 atom stereocenters. The van der Waals surface area contributed by atoms with Crippen molar-refractivity contribution in [1.29, 1.82) is 0 Å². The van der Waals surface area contributed by atoms with E-state index in [2.05, 4.69) is 55.1 Å². The monoisotopic (exact) mass is 363 g/mol. The molecular weight excluding hydrogens is 342 g/mol. The molecule has 5 heterocycles. The van der Waals surface area contributed by atoms with Crippen molar-refractivity contribution in [2.75, 3.05) is 29.9 Å². The van der Waals surface area contributed by atoms with Crippen molar-refractivity contribution in [3.8, 4) is 0 Å². The van der Waals surface area contributed by atoms with E-state index in [1.165, 1.54) is 0 Å². The number of rotatable bonds is 4. The normalized spacial score (nSPS) is 14.9. The van der Waals surface area contributed by atoms with Crippen molar-refractivity contribution < 1.29 is 0 Å². The summed E-state index contributed by atoms with van der Waals surface area (Å²) in [5.74, 6) is 2.79. The van der Waals surface area contributed by atoms with Gasteiger partial charge >= 0.3 is 0 Å². The Kier molecular flexibility index (Phi) is 3.49. The number of aromatic nitrogens is 7. The van der Waals surface area contributed by atoms with Crippen LogP contribution in [-0.4, -0.2) is 60.4 Å². The van der Waals surface area contributed by atoms with Gasteiger partial charge in [0.25, 0.3) is 0 Å². The summed E-state index contributed by atoms with van der Waals surface area (Å²) in [6.45, 7) is 5.81. The number of hydrogen-bond acceptors (Lipinski definition) is 7. The molecule has 27 heavy (non-hydrogen) atoms. The molecule has 1 aliphatic rings. The van der Waals surface area contributed by atoms with Crippen LogP contribution < -0.4 is 9.80 Å². The van der Waals surface area contributed by atoms with Gasteiger partial charge in [-0.15, -0.1) is 10.2 Å². The summed E-state index contributed by atoms with van der Waals surface area (Å²) in [5.41, 5.74) is 2.84. The van der Waals surface area contributed by atoms with Crippen molar-refractivity contribution in [1.82, 2.24) is 34.2 Å². The van der Waals surface area contributed by atoms with E-state index in [0.717, 1.165) is 53.8 Å². The summed E-state index contributed by atoms with van der Waals surface area (Å²) >= 11 is 0. The van der Waals surface area contributed by atoms with Crippen LogP contribution in [0.5, 0.6) is 0 Å². The molecule has 0 amide bonds. The van der Waals surface area contributed by atoms with Crippen LogP contribution in [0.15, 0.2) is 30.9 Å². The van der Waals surface area contributed by atoms with E-state index < -0.39 is 0 Å². The van der Waals surface area contributed by atoms with Crippen molar-refractivity contribution >= 4 is 22.8 Å². The topological polar surface area (TPSA) is 79.8 Å². The van der Waals surface area contributed by atoms with Gasteiger partial charge in [0, 0.05) is 51.3 Å². The van der Waals surface area contributed by atoms with Gasteiger partial charge < -0.3 is 9.80 Å². The highest BCUT2D eigenvalue weighted by Crippen LogP contribution is 2.28. The van der Waals surface area contributed by atoms with E-state index in [9.17, 15) is 0 Å². The molecule has 4 aromatic rings. The van der Waals surface area contributed by atoms with E-state index in [0.29, 0.717) is 6.04 Å². The third-order valence-corrected chi connectivity index (χ3v) is 5.23. The molecule has 0 aromatic carbocycles. The molecule has 5 rings (SSSR count). The lowest BCUT2D eigenvalue weighted by Crippen LogP contribution is -2.59. The third-order valence-electron chi connectivity index (χ3n) is 5.23. The molecule has 0 bridgehead atoms. The molecule has 1 saturated heterocycles. The SMILES string of the molecule is CCc1nnc2c(N3CC(N(C)c4nccn5nc(C)cc45)C3)nccn12. The number of anilines is 2. The van der Waals surface area contributed by atoms with Crippen LogP contribution in [0.1, 0.15) is 18.4 Å². The minimum absolute atomic E-state index is 0.356. The van der Waals surface area contributed by atoms with Gasteiger partial charge in [0.1, 0.15) is 11.3 Å². The Morgan fingerprint density at radius 1 is 1.15 bits per heavy atom. The van der Waals surface area contributed by atoms with Crippen molar-refractivity contribution in [3.05, 3.63) is 42.4 Å². The van der Waals surface area contributed by atoms with Crippen LogP contribution in [0.25, 0.3) is 11.2 Å². The molecule has 4 aromatic heterocycles. The summed E-state index contributed by atoms with van der Waals surface area (Å²) in [6, 6.07) is 2.43. The molecule has 138 valence electrons. The lowest BCUT2D eigenvalue weighted by atomic mass is 10.1. The number of hydrogen-bond donors (Lipinski definition) is 0. The molecule has 0 unspecified atom stereocenters. The fourth-order valence-corrected chi connectivity index (χ4v) is 3.67. The minimum atomic E-state index is 0.356. The zero-order valence-electron chi connectivity index (χ0n) is 15.6. The van der Waals surface area contributed by atoms with E-state index >= 15 is 0 Å². The summed E-state index contributed by atoms with van der Waals surface area (Å²) in [6.07, 6.45) is 8.27. The van der Waals surface area contributed by atoms with Crippen molar-refractivity contribution in [3.63, 3.8) is 0 Å². The Bertz CT molecular complexity index is 1120. The first-order valence-electron chi connectivity index (χ1n) is 9.13. The number of nitrogens with zero attached hydrogens (tertiary/aromatic N) is 9. The van der Waals surface area contributed by atoms with Crippen LogP contribution in [0, 0.1) is 6.92 Å². The second-order valence-corrected chi connectivity index (χ2v) is 6.95. The first-order chi connectivity index (χ1) is 13.2. The standard InChI is InChI=1S/C18H21N9/c1-4-15-21-22-18-17(20-5-7-26(15)18)25-10-13(11-25)24(3)16-14-9-12(2)23-27(14)8-6-19-16/h5-9,13H,4,10-11H2,1-3H3. The molecule has 1 fully saturated rings. The lowest BCUT2D eigenvalue weighted by Gasteiger charge is -2.44. The predicted molar refractivity (Wildman–Crippen MR) is 102 cm³/mol. The Balaban J connectivity index is 1.39. The van der Waals surface area contributed by atoms with E-state index in [-0.39, 0.29) is 0 Å². The molecule has 1 aliphatic heterocycles. The van der Waals surface area contributed by atoms with Gasteiger partial charge in [-0.05, 0) is 13.0 Å². The fourth-order valence-electron chi connectivity index (χ4n) is 3.67. The number of likely N-dealkylation sites (N-methyl/N-ethyl adjacent to an activating group) is 1. The van der Waals surface area contributed by atoms with E-state index in [1.807, 2.05) is 34.4 Å². The smallest absolute Gasteiger partial charge is 0.203 e. The number of fused-ring (bicyclic) bond motifs is 2. The number of aryl methyl sites for hydroxylation is 2. The van der Waals surface area contributed by atoms with Gasteiger partial charge in [-0.2, -0.15) is 5.10 Å². The molecule has 0 spiro atoms. The van der Waals surface area contributed by atoms with E-state index in [4.69, 9.17) is 0 Å². The molecule has 0 radical (unpaired) electrons. The summed E-state index contributed by atoms with van der Waals surface area (Å²) in [7, 11) is 2.09. The first kappa shape index (κ1) is 16.0. The van der Waals surface area contributed by atoms with Gasteiger partial charge in [-0.1, -0.05) is 6.92 Å². The average molecular weight is 363 g/mol. The van der Waals surface area contributed by atoms with Gasteiger partial charge in [0.15, 0.2) is 11.6 Å². The van der Waals surface area contributed by atoms with Crippen molar-refractivity contribution in [2.24, 2.45) is 0 Å². The van der Waals surface area contributed by atoms with Gasteiger partial charge in [0.05, 0.1) is 11.7 Å². The zero-order chi connectivity index (χ0) is 18.5. The zero-order valence-corrected chi connectivity index (χ0v) is 15.6. The van der Waals surface area contributed by atoms with Gasteiger partial charge in [0.2, 0.25) is 5.65 Å². The minimum Gasteiger partial charge on any atom is -0.351 e. The highest BCUT2D eigenvalue weighted by atomic mass is 15.4. The van der Waals surface area contributed by atoms with Crippen LogP contribution in [0.4, 0.5) is 11.6 Å². The highest BCUT2D eigenvalue weighted by Gasteiger charge is 2.34. The van der Waals surface area contributed by atoms with Crippen molar-refractivity contribution in [2.45, 2.75) is 26.3 Å². The third kappa shape index (κ3) is 2.42. The quantitative estimate of drug-likeness (QED) is 0.542. The van der Waals surface area contributed by atoms with Crippen LogP contribution in [0.3, 0.4) is 0 Å². The largest absolute Gasteiger partial charge is 0.351 e. The molecule has 0 saturated carbocycles. The lowest BCUT2D eigenvalue weighted by molar-refractivity contribution is 0.490. The van der Waals surface area contributed by atoms with Crippen LogP contribution in [0.2, 0.25) is 0 Å². The van der Waals surface area contributed by atoms with Gasteiger partial charge in [-0.3, -0.25) is 4.40 Å². The predicted octanol–water partition coefficient (Wildman–Crippen LogP) is 1.36. The average Bonchev–Trinajstić information content (AvgIpc) is 3.22. The Morgan fingerprint density at radius 3 is 2.78 bits per heavy atom. The fraction of sp³-hybridized carbons (Fsp3) is 0.389. The second kappa shape index (κ2) is 5.90. The molecular formula is C18H21N9. The Hall–Kier alpha value is -3.23. The summed E-state index contributed by atoms with van der Waals surface area (Å²) in [5, 5.41) is 13.1. The summed E-state index contributed by atoms with van der Waals surface area (Å²) < 4.78 is 3.91. The molecule has 0 N–H and O–H groups in total. The van der Waals surface area contributed by atoms with Crippen LogP contribution in [-0.2, 0) is 6.42 Å². The molecule has 9 nitrogen and oxygen atoms in total. The van der Waals surface area contributed by atoms with Crippen LogP contribution >= 0.6 is 0 Å². The maximum atomic E-state index is 4.59. The Labute approximate surface area is 156 Å². The molecule has 9 heteroatoms. The Morgan fingerprint density at radius 2 is 1.96 bits per heavy atom. The summed E-state index contributed by atoms with van der Waals surface area (Å²) in [4.78, 5) is 13.6. The highest BCUT2D eigenvalue weighted by molar-refractivity contribution is 5.71. The second-order valence-electron chi connectivity index (χ2n) is 6.95. The first-order valence-corrected chi connectivity index (χ1v) is 9.13. The maximum absolute atomic E-state index is 4.59. The van der Waals surface area contributed by atoms with Gasteiger partial charge in [-0.25, -0.2) is 14.5 Å². The molecule has 0 aliphatic carbocycles.